The Bertz CT molecular complexity index is 3010. The van der Waals surface area contributed by atoms with Gasteiger partial charge in [0, 0.05) is 0 Å². The second-order valence-corrected chi connectivity index (χ2v) is 19.4. The molecule has 0 radical (unpaired) electrons. The van der Waals surface area contributed by atoms with E-state index in [1.165, 1.54) is 97.6 Å². The molecule has 0 atom stereocenters. The molecule has 250 valence electrons. The Balaban J connectivity index is 1.11. The van der Waals surface area contributed by atoms with Crippen LogP contribution in [0.25, 0.3) is 87.2 Å². The van der Waals surface area contributed by atoms with E-state index in [0.29, 0.717) is 0 Å². The quantitative estimate of drug-likeness (QED) is 0.125. The zero-order valence-corrected chi connectivity index (χ0v) is 31.0. The molecular formula is C52H38Si. The molecule has 0 saturated carbocycles. The van der Waals surface area contributed by atoms with Gasteiger partial charge < -0.3 is 0 Å². The van der Waals surface area contributed by atoms with Crippen molar-refractivity contribution in [1.29, 1.82) is 0 Å². The molecule has 0 bridgehead atoms. The monoisotopic (exact) mass is 690 g/mol. The Hall–Kier alpha value is -6.28. The summed E-state index contributed by atoms with van der Waals surface area (Å²) in [5, 5.41) is 15.7. The Kier molecular flexibility index (Phi) is 7.38. The molecule has 10 rings (SSSR count). The number of rotatable bonds is 5. The van der Waals surface area contributed by atoms with Gasteiger partial charge in [0.25, 0.3) is 0 Å². The summed E-state index contributed by atoms with van der Waals surface area (Å²) in [6, 6.07) is 72.5. The molecule has 10 aromatic carbocycles. The van der Waals surface area contributed by atoms with Gasteiger partial charge in [0.1, 0.15) is 8.07 Å². The Morgan fingerprint density at radius 3 is 1.47 bits per heavy atom. The predicted octanol–water partition coefficient (Wildman–Crippen LogP) is 13.3. The summed E-state index contributed by atoms with van der Waals surface area (Å²) in [4.78, 5) is 0. The Morgan fingerprint density at radius 1 is 0.283 bits per heavy atom. The zero-order valence-electron chi connectivity index (χ0n) is 30.0. The molecule has 0 aliphatic heterocycles. The van der Waals surface area contributed by atoms with Crippen LogP contribution in [0, 0.1) is 0 Å². The Morgan fingerprint density at radius 2 is 0.774 bits per heavy atom. The first-order chi connectivity index (χ1) is 26.0. The van der Waals surface area contributed by atoms with Crippen LogP contribution in [-0.4, -0.2) is 8.07 Å². The van der Waals surface area contributed by atoms with Crippen LogP contribution in [0.5, 0.6) is 0 Å². The molecule has 0 N–H and O–H groups in total. The summed E-state index contributed by atoms with van der Waals surface area (Å²) in [5.41, 5.74) is 7.55. The first kappa shape index (κ1) is 31.5. The third kappa shape index (κ3) is 5.44. The van der Waals surface area contributed by atoms with Gasteiger partial charge in [-0.25, -0.2) is 0 Å². The van der Waals surface area contributed by atoms with Gasteiger partial charge in [-0.3, -0.25) is 0 Å². The SMILES string of the molecule is C[Si](C)(c1ccccc1)c1cc(-c2ccc3ccccc3c2)cc(-c2ccc3cc(-c4cc5ccccc5c5c4ccc4ccccc45)ccc3c2)c1. The fourth-order valence-corrected chi connectivity index (χ4v) is 10.8. The van der Waals surface area contributed by atoms with Gasteiger partial charge >= 0.3 is 0 Å². The molecule has 0 amide bonds. The highest BCUT2D eigenvalue weighted by molar-refractivity contribution is 7.00. The largest absolute Gasteiger partial charge is 0.112 e. The minimum atomic E-state index is -2.00. The van der Waals surface area contributed by atoms with Crippen LogP contribution in [0.15, 0.2) is 194 Å². The number of hydrogen-bond donors (Lipinski definition) is 0. The van der Waals surface area contributed by atoms with Gasteiger partial charge in [0.15, 0.2) is 0 Å². The van der Waals surface area contributed by atoms with E-state index in [0.717, 1.165) is 0 Å². The maximum atomic E-state index is 2.48. The minimum Gasteiger partial charge on any atom is -0.0626 e. The first-order valence-electron chi connectivity index (χ1n) is 18.6. The molecule has 0 aliphatic carbocycles. The second-order valence-electron chi connectivity index (χ2n) is 15.0. The molecule has 1 heteroatoms. The third-order valence-corrected chi connectivity index (χ3v) is 15.0. The molecule has 10 aromatic rings. The molecule has 53 heavy (non-hydrogen) atoms. The van der Waals surface area contributed by atoms with Crippen LogP contribution in [0.2, 0.25) is 13.1 Å². The van der Waals surface area contributed by atoms with Crippen LogP contribution in [-0.2, 0) is 0 Å². The molecule has 0 saturated heterocycles. The van der Waals surface area contributed by atoms with Gasteiger partial charge in [-0.05, 0) is 118 Å². The van der Waals surface area contributed by atoms with Crippen molar-refractivity contribution in [3.63, 3.8) is 0 Å². The second kappa shape index (κ2) is 12.4. The van der Waals surface area contributed by atoms with Crippen molar-refractivity contribution in [3.05, 3.63) is 194 Å². The normalized spacial score (nSPS) is 12.0. The average molecular weight is 691 g/mol. The van der Waals surface area contributed by atoms with Crippen molar-refractivity contribution in [3.8, 4) is 33.4 Å². The van der Waals surface area contributed by atoms with E-state index in [-0.39, 0.29) is 0 Å². The summed E-state index contributed by atoms with van der Waals surface area (Å²) < 4.78 is 0. The van der Waals surface area contributed by atoms with Gasteiger partial charge in [0.05, 0.1) is 0 Å². The highest BCUT2D eigenvalue weighted by Gasteiger charge is 2.27. The average Bonchev–Trinajstić information content (AvgIpc) is 3.22. The van der Waals surface area contributed by atoms with Crippen molar-refractivity contribution in [2.75, 3.05) is 0 Å². The molecule has 0 nitrogen and oxygen atoms in total. The summed E-state index contributed by atoms with van der Waals surface area (Å²) >= 11 is 0. The smallest absolute Gasteiger partial charge is 0.0626 e. The molecule has 0 aliphatic rings. The molecule has 0 fully saturated rings. The number of fused-ring (bicyclic) bond motifs is 7. The molecular weight excluding hydrogens is 653 g/mol. The van der Waals surface area contributed by atoms with Crippen LogP contribution in [0.4, 0.5) is 0 Å². The van der Waals surface area contributed by atoms with Crippen LogP contribution in [0.1, 0.15) is 0 Å². The van der Waals surface area contributed by atoms with Crippen LogP contribution >= 0.6 is 0 Å². The van der Waals surface area contributed by atoms with Gasteiger partial charge in [-0.2, -0.15) is 0 Å². The third-order valence-electron chi connectivity index (χ3n) is 11.5. The molecule has 0 aromatic heterocycles. The first-order valence-corrected chi connectivity index (χ1v) is 21.6. The van der Waals surface area contributed by atoms with E-state index < -0.39 is 8.07 Å². The lowest BCUT2D eigenvalue weighted by atomic mass is 9.89. The van der Waals surface area contributed by atoms with E-state index in [4.69, 9.17) is 0 Å². The van der Waals surface area contributed by atoms with Crippen molar-refractivity contribution in [2.24, 2.45) is 0 Å². The van der Waals surface area contributed by atoms with Gasteiger partial charge in [-0.15, -0.1) is 0 Å². The van der Waals surface area contributed by atoms with Crippen molar-refractivity contribution in [2.45, 2.75) is 13.1 Å². The van der Waals surface area contributed by atoms with Gasteiger partial charge in [0.2, 0.25) is 0 Å². The molecule has 0 heterocycles. The summed E-state index contributed by atoms with van der Waals surface area (Å²) in [6.45, 7) is 4.96. The predicted molar refractivity (Wildman–Crippen MR) is 233 cm³/mol. The highest BCUT2D eigenvalue weighted by Crippen LogP contribution is 2.40. The maximum absolute atomic E-state index is 2.48. The summed E-state index contributed by atoms with van der Waals surface area (Å²) in [6.07, 6.45) is 0. The van der Waals surface area contributed by atoms with E-state index in [1.807, 2.05) is 0 Å². The highest BCUT2D eigenvalue weighted by atomic mass is 28.3. The lowest BCUT2D eigenvalue weighted by Crippen LogP contribution is -2.52. The molecule has 0 spiro atoms. The fraction of sp³-hybridized carbons (Fsp3) is 0.0385. The number of benzene rings is 10. The van der Waals surface area contributed by atoms with Crippen LogP contribution < -0.4 is 10.4 Å². The lowest BCUT2D eigenvalue weighted by Gasteiger charge is -2.25. The molecule has 0 unspecified atom stereocenters. The van der Waals surface area contributed by atoms with E-state index >= 15 is 0 Å². The van der Waals surface area contributed by atoms with Crippen molar-refractivity contribution < 1.29 is 0 Å². The minimum absolute atomic E-state index is 1.24. The topological polar surface area (TPSA) is 0 Å². The van der Waals surface area contributed by atoms with Crippen LogP contribution in [0.3, 0.4) is 0 Å². The van der Waals surface area contributed by atoms with Crippen molar-refractivity contribution in [1.82, 2.24) is 0 Å². The Labute approximate surface area is 311 Å². The van der Waals surface area contributed by atoms with E-state index in [2.05, 4.69) is 207 Å². The summed E-state index contributed by atoms with van der Waals surface area (Å²) in [7, 11) is -2.00. The maximum Gasteiger partial charge on any atom is 0.112 e. The van der Waals surface area contributed by atoms with Gasteiger partial charge in [-0.1, -0.05) is 187 Å². The fourth-order valence-electron chi connectivity index (χ4n) is 8.41. The van der Waals surface area contributed by atoms with E-state index in [1.54, 1.807) is 0 Å². The van der Waals surface area contributed by atoms with E-state index in [9.17, 15) is 0 Å². The number of hydrogen-bond acceptors (Lipinski definition) is 0. The summed E-state index contributed by atoms with van der Waals surface area (Å²) in [5.74, 6) is 0. The standard InChI is InChI=1S/C52H38Si/c1-53(2,46-16-4-3-5-17-46)47-32-44(40-21-20-35-12-6-7-14-37(35)28-40)31-45(33-47)41-23-22-39-30-43(25-24-38(39)29-41)51-34-42-15-9-11-19-49(42)52-48-18-10-8-13-36(48)26-27-50(51)52/h3-34H,1-2H3. The van der Waals surface area contributed by atoms with Crippen molar-refractivity contribution >= 4 is 72.3 Å². The lowest BCUT2D eigenvalue weighted by molar-refractivity contribution is 1.61. The zero-order chi connectivity index (χ0) is 35.5.